The molecule has 1 saturated heterocycles. The van der Waals surface area contributed by atoms with Crippen molar-refractivity contribution in [3.05, 3.63) is 71.3 Å². The number of rotatable bonds is 5. The lowest BCUT2D eigenvalue weighted by molar-refractivity contribution is -0.920. The zero-order valence-electron chi connectivity index (χ0n) is 13.9. The van der Waals surface area contributed by atoms with Gasteiger partial charge in [0.2, 0.25) is 5.78 Å². The molecule has 1 heterocycles. The molecule has 0 aromatic heterocycles. The number of quaternary nitrogens is 1. The zero-order chi connectivity index (χ0) is 16.1. The molecule has 2 nitrogen and oxygen atoms in total. The van der Waals surface area contributed by atoms with Crippen molar-refractivity contribution in [2.75, 3.05) is 13.1 Å². The lowest BCUT2D eigenvalue weighted by Gasteiger charge is -2.31. The second-order valence-corrected chi connectivity index (χ2v) is 6.69. The van der Waals surface area contributed by atoms with E-state index in [4.69, 9.17) is 0 Å². The van der Waals surface area contributed by atoms with Crippen LogP contribution in [0.25, 0.3) is 0 Å². The first-order chi connectivity index (χ1) is 11.2. The van der Waals surface area contributed by atoms with Crippen molar-refractivity contribution in [2.24, 2.45) is 0 Å². The SMILES string of the molecule is Cc1ccc(C(=O)[C@@H](Cc2ccccc2)[NH+]2CCCCC2)cc1. The van der Waals surface area contributed by atoms with E-state index in [1.165, 1.54) is 35.3 Å². The Balaban J connectivity index is 1.84. The minimum absolute atomic E-state index is 0.0420. The van der Waals surface area contributed by atoms with Gasteiger partial charge in [-0.05, 0) is 31.7 Å². The quantitative estimate of drug-likeness (QED) is 0.843. The maximum atomic E-state index is 13.1. The minimum Gasteiger partial charge on any atom is -0.326 e. The fourth-order valence-electron chi connectivity index (χ4n) is 3.55. The van der Waals surface area contributed by atoms with E-state index >= 15 is 0 Å². The smallest absolute Gasteiger partial charge is 0.220 e. The zero-order valence-corrected chi connectivity index (χ0v) is 13.9. The normalized spacial score (nSPS) is 16.9. The van der Waals surface area contributed by atoms with Gasteiger partial charge in [0.05, 0.1) is 13.1 Å². The lowest BCUT2D eigenvalue weighted by atomic mass is 9.94. The molecular weight excluding hydrogens is 282 g/mol. The van der Waals surface area contributed by atoms with Gasteiger partial charge in [0.15, 0.2) is 6.04 Å². The third-order valence-corrected chi connectivity index (χ3v) is 4.92. The maximum Gasteiger partial charge on any atom is 0.220 e. The van der Waals surface area contributed by atoms with Crippen LogP contribution >= 0.6 is 0 Å². The van der Waals surface area contributed by atoms with E-state index < -0.39 is 0 Å². The van der Waals surface area contributed by atoms with Crippen LogP contribution in [0.1, 0.15) is 40.7 Å². The van der Waals surface area contributed by atoms with E-state index in [1.54, 1.807) is 0 Å². The number of nitrogens with one attached hydrogen (secondary N) is 1. The molecule has 120 valence electrons. The number of carbonyl (C=O) groups excluding carboxylic acids is 1. The molecule has 1 fully saturated rings. The highest BCUT2D eigenvalue weighted by Gasteiger charge is 2.31. The summed E-state index contributed by atoms with van der Waals surface area (Å²) in [6.45, 7) is 4.30. The molecule has 0 spiro atoms. The predicted molar refractivity (Wildman–Crippen MR) is 94.0 cm³/mol. The summed E-state index contributed by atoms with van der Waals surface area (Å²) >= 11 is 0. The summed E-state index contributed by atoms with van der Waals surface area (Å²) in [6.07, 6.45) is 4.62. The largest absolute Gasteiger partial charge is 0.326 e. The Kier molecular flexibility index (Phi) is 5.24. The van der Waals surface area contributed by atoms with Crippen LogP contribution in [-0.2, 0) is 6.42 Å². The van der Waals surface area contributed by atoms with Crippen molar-refractivity contribution in [3.8, 4) is 0 Å². The van der Waals surface area contributed by atoms with Crippen LogP contribution < -0.4 is 4.90 Å². The topological polar surface area (TPSA) is 21.5 Å². The summed E-state index contributed by atoms with van der Waals surface area (Å²) in [7, 11) is 0. The van der Waals surface area contributed by atoms with Crippen molar-refractivity contribution < 1.29 is 9.69 Å². The average Bonchev–Trinajstić information content (AvgIpc) is 2.61. The lowest BCUT2D eigenvalue weighted by Crippen LogP contribution is -3.17. The number of benzene rings is 2. The number of aryl methyl sites for hydroxylation is 1. The molecule has 0 saturated carbocycles. The number of hydrogen-bond donors (Lipinski definition) is 1. The van der Waals surface area contributed by atoms with Gasteiger partial charge in [-0.2, -0.15) is 0 Å². The Labute approximate surface area is 139 Å². The van der Waals surface area contributed by atoms with Crippen LogP contribution in [0.3, 0.4) is 0 Å². The summed E-state index contributed by atoms with van der Waals surface area (Å²) < 4.78 is 0. The molecule has 23 heavy (non-hydrogen) atoms. The molecule has 0 amide bonds. The molecule has 1 N–H and O–H groups in total. The summed E-state index contributed by atoms with van der Waals surface area (Å²) in [5, 5.41) is 0. The first kappa shape index (κ1) is 15.9. The Bertz CT molecular complexity index is 627. The van der Waals surface area contributed by atoms with Crippen LogP contribution in [-0.4, -0.2) is 24.9 Å². The summed E-state index contributed by atoms with van der Waals surface area (Å²) in [4.78, 5) is 14.6. The van der Waals surface area contributed by atoms with E-state index in [2.05, 4.69) is 31.2 Å². The molecule has 2 aromatic rings. The third kappa shape index (κ3) is 4.08. The molecule has 0 radical (unpaired) electrons. The molecule has 3 rings (SSSR count). The van der Waals surface area contributed by atoms with Crippen molar-refractivity contribution in [3.63, 3.8) is 0 Å². The number of piperidine rings is 1. The Morgan fingerprint density at radius 1 is 0.957 bits per heavy atom. The van der Waals surface area contributed by atoms with E-state index in [1.807, 2.05) is 30.3 Å². The van der Waals surface area contributed by atoms with Gasteiger partial charge in [-0.3, -0.25) is 4.79 Å². The van der Waals surface area contributed by atoms with Gasteiger partial charge in [-0.1, -0.05) is 60.2 Å². The van der Waals surface area contributed by atoms with Gasteiger partial charge in [0.25, 0.3) is 0 Å². The van der Waals surface area contributed by atoms with Gasteiger partial charge in [-0.25, -0.2) is 0 Å². The number of likely N-dealkylation sites (tertiary alicyclic amines) is 1. The molecule has 1 aliphatic heterocycles. The minimum atomic E-state index is 0.0420. The number of hydrogen-bond acceptors (Lipinski definition) is 1. The Morgan fingerprint density at radius 3 is 2.26 bits per heavy atom. The van der Waals surface area contributed by atoms with Crippen LogP contribution in [0.4, 0.5) is 0 Å². The van der Waals surface area contributed by atoms with Crippen molar-refractivity contribution >= 4 is 5.78 Å². The molecule has 2 aromatic carbocycles. The highest BCUT2D eigenvalue weighted by atomic mass is 16.1. The standard InChI is InChI=1S/C21H25NO/c1-17-10-12-19(13-11-17)21(23)20(22-14-6-3-7-15-22)16-18-8-4-2-5-9-18/h2,4-5,8-13,20H,3,6-7,14-16H2,1H3/p+1/t20-/m1/s1. The maximum absolute atomic E-state index is 13.1. The summed E-state index contributed by atoms with van der Waals surface area (Å²) in [5.74, 6) is 0.297. The number of Topliss-reactive ketones (excluding diaryl/α,β-unsaturated/α-hetero) is 1. The van der Waals surface area contributed by atoms with Crippen molar-refractivity contribution in [1.29, 1.82) is 0 Å². The molecule has 0 aliphatic carbocycles. The molecule has 0 bridgehead atoms. The van der Waals surface area contributed by atoms with Crippen molar-refractivity contribution in [2.45, 2.75) is 38.6 Å². The van der Waals surface area contributed by atoms with Gasteiger partial charge in [-0.15, -0.1) is 0 Å². The highest BCUT2D eigenvalue weighted by Crippen LogP contribution is 2.10. The van der Waals surface area contributed by atoms with Gasteiger partial charge >= 0.3 is 0 Å². The van der Waals surface area contributed by atoms with E-state index in [0.717, 1.165) is 25.1 Å². The fourth-order valence-corrected chi connectivity index (χ4v) is 3.55. The van der Waals surface area contributed by atoms with Gasteiger partial charge < -0.3 is 4.90 Å². The first-order valence-electron chi connectivity index (χ1n) is 8.73. The first-order valence-corrected chi connectivity index (χ1v) is 8.73. The van der Waals surface area contributed by atoms with Crippen LogP contribution in [0.2, 0.25) is 0 Å². The predicted octanol–water partition coefficient (Wildman–Crippen LogP) is 2.86. The van der Waals surface area contributed by atoms with Gasteiger partial charge in [0, 0.05) is 12.0 Å². The number of ketones is 1. The Morgan fingerprint density at radius 2 is 1.61 bits per heavy atom. The van der Waals surface area contributed by atoms with E-state index in [-0.39, 0.29) is 6.04 Å². The summed E-state index contributed by atoms with van der Waals surface area (Å²) in [6, 6.07) is 18.5. The number of carbonyl (C=O) groups is 1. The molecule has 2 heteroatoms. The van der Waals surface area contributed by atoms with E-state index in [9.17, 15) is 4.79 Å². The molecular formula is C21H26NO+. The highest BCUT2D eigenvalue weighted by molar-refractivity contribution is 5.99. The second-order valence-electron chi connectivity index (χ2n) is 6.69. The monoisotopic (exact) mass is 308 g/mol. The molecule has 1 atom stereocenters. The van der Waals surface area contributed by atoms with Crippen LogP contribution in [0.15, 0.2) is 54.6 Å². The van der Waals surface area contributed by atoms with Crippen LogP contribution in [0, 0.1) is 6.92 Å². The second kappa shape index (κ2) is 7.56. The van der Waals surface area contributed by atoms with Crippen molar-refractivity contribution in [1.82, 2.24) is 0 Å². The molecule has 0 unspecified atom stereocenters. The summed E-state index contributed by atoms with van der Waals surface area (Å²) in [5.41, 5.74) is 3.32. The fraction of sp³-hybridized carbons (Fsp3) is 0.381. The Hall–Kier alpha value is -1.93. The van der Waals surface area contributed by atoms with E-state index in [0.29, 0.717) is 5.78 Å². The molecule has 1 aliphatic rings. The average molecular weight is 308 g/mol. The van der Waals surface area contributed by atoms with Crippen LogP contribution in [0.5, 0.6) is 0 Å². The van der Waals surface area contributed by atoms with Gasteiger partial charge in [0.1, 0.15) is 0 Å². The third-order valence-electron chi connectivity index (χ3n) is 4.92.